The van der Waals surface area contributed by atoms with E-state index in [-0.39, 0.29) is 5.75 Å². The van der Waals surface area contributed by atoms with Crippen molar-refractivity contribution in [3.05, 3.63) is 54.1 Å². The molecule has 0 aliphatic heterocycles. The first-order valence-electron chi connectivity index (χ1n) is 6.93. The molecular weight excluding hydrogens is 302 g/mol. The van der Waals surface area contributed by atoms with Crippen molar-refractivity contribution < 1.29 is 13.5 Å². The summed E-state index contributed by atoms with van der Waals surface area (Å²) in [4.78, 5) is 4.42. The maximum Gasteiger partial charge on any atom is 0.387 e. The fourth-order valence-corrected chi connectivity index (χ4v) is 2.15. The minimum atomic E-state index is -2.84. The molecule has 2 aromatic carbocycles. The maximum atomic E-state index is 12.1. The van der Waals surface area contributed by atoms with Crippen molar-refractivity contribution in [3.63, 3.8) is 0 Å². The van der Waals surface area contributed by atoms with Gasteiger partial charge in [-0.05, 0) is 35.9 Å². The molecular formula is C16H14F2N4O. The molecule has 0 amide bonds. The van der Waals surface area contributed by atoms with Gasteiger partial charge in [-0.15, -0.1) is 0 Å². The van der Waals surface area contributed by atoms with Gasteiger partial charge in [0.15, 0.2) is 11.6 Å². The number of hydrogen-bond donors (Lipinski definition) is 2. The van der Waals surface area contributed by atoms with Crippen molar-refractivity contribution >= 4 is 0 Å². The lowest BCUT2D eigenvalue weighted by Gasteiger charge is -2.04. The largest absolute Gasteiger partial charge is 0.435 e. The molecule has 3 rings (SSSR count). The monoisotopic (exact) mass is 316 g/mol. The number of halogens is 2. The molecule has 0 fully saturated rings. The Hall–Kier alpha value is -2.80. The Bertz CT molecular complexity index is 787. The van der Waals surface area contributed by atoms with Gasteiger partial charge in [-0.2, -0.15) is 13.9 Å². The number of aromatic nitrogens is 3. The molecule has 0 atom stereocenters. The van der Waals surface area contributed by atoms with Crippen molar-refractivity contribution in [2.45, 2.75) is 13.2 Å². The van der Waals surface area contributed by atoms with Crippen LogP contribution < -0.4 is 10.5 Å². The molecule has 118 valence electrons. The molecule has 0 saturated heterocycles. The van der Waals surface area contributed by atoms with Crippen LogP contribution in [0.15, 0.2) is 48.5 Å². The Morgan fingerprint density at radius 1 is 1.09 bits per heavy atom. The summed E-state index contributed by atoms with van der Waals surface area (Å²) in [5.74, 6) is 1.18. The Labute approximate surface area is 131 Å². The maximum absolute atomic E-state index is 12.1. The Morgan fingerprint density at radius 3 is 2.57 bits per heavy atom. The summed E-state index contributed by atoms with van der Waals surface area (Å²) in [6.45, 7) is -2.40. The van der Waals surface area contributed by atoms with E-state index in [4.69, 9.17) is 5.73 Å². The number of rotatable bonds is 5. The summed E-state index contributed by atoms with van der Waals surface area (Å²) in [5.41, 5.74) is 8.19. The number of hydrogen-bond acceptors (Lipinski definition) is 4. The summed E-state index contributed by atoms with van der Waals surface area (Å²) in [6, 6.07) is 13.8. The van der Waals surface area contributed by atoms with Crippen molar-refractivity contribution in [3.8, 4) is 28.5 Å². The third-order valence-corrected chi connectivity index (χ3v) is 3.26. The van der Waals surface area contributed by atoms with E-state index in [0.29, 0.717) is 18.2 Å². The average molecular weight is 316 g/mol. The fraction of sp³-hybridized carbons (Fsp3) is 0.125. The number of H-pyrrole nitrogens is 1. The molecule has 1 heterocycles. The van der Waals surface area contributed by atoms with E-state index in [0.717, 1.165) is 16.7 Å². The summed E-state index contributed by atoms with van der Waals surface area (Å²) < 4.78 is 28.6. The molecule has 23 heavy (non-hydrogen) atoms. The van der Waals surface area contributed by atoms with Gasteiger partial charge in [0.25, 0.3) is 0 Å². The molecule has 0 bridgehead atoms. The highest BCUT2D eigenvalue weighted by molar-refractivity contribution is 5.62. The van der Waals surface area contributed by atoms with E-state index in [1.165, 1.54) is 12.1 Å². The van der Waals surface area contributed by atoms with Crippen LogP contribution in [0.5, 0.6) is 5.75 Å². The topological polar surface area (TPSA) is 76.8 Å². The normalized spacial score (nSPS) is 11.0. The SMILES string of the molecule is NCc1cccc(-c2n[nH]c(-c3ccc(OC(F)F)cc3)n2)c1. The lowest BCUT2D eigenvalue weighted by molar-refractivity contribution is -0.0498. The molecule has 0 unspecified atom stereocenters. The molecule has 0 aliphatic carbocycles. The molecule has 7 heteroatoms. The van der Waals surface area contributed by atoms with Crippen LogP contribution in [0.3, 0.4) is 0 Å². The third kappa shape index (κ3) is 3.51. The molecule has 0 radical (unpaired) electrons. The number of aromatic amines is 1. The zero-order valence-corrected chi connectivity index (χ0v) is 12.0. The van der Waals surface area contributed by atoms with Crippen LogP contribution in [0.4, 0.5) is 8.78 Å². The van der Waals surface area contributed by atoms with E-state index in [2.05, 4.69) is 19.9 Å². The number of nitrogens with one attached hydrogen (secondary N) is 1. The molecule has 0 spiro atoms. The van der Waals surface area contributed by atoms with E-state index in [1.807, 2.05) is 24.3 Å². The zero-order chi connectivity index (χ0) is 16.2. The second-order valence-electron chi connectivity index (χ2n) is 4.82. The predicted molar refractivity (Wildman–Crippen MR) is 81.8 cm³/mol. The highest BCUT2D eigenvalue weighted by atomic mass is 19.3. The Balaban J connectivity index is 1.83. The number of alkyl halides is 2. The summed E-state index contributed by atoms with van der Waals surface area (Å²) in [6.07, 6.45) is 0. The summed E-state index contributed by atoms with van der Waals surface area (Å²) in [5, 5.41) is 7.02. The lowest BCUT2D eigenvalue weighted by atomic mass is 10.1. The van der Waals surface area contributed by atoms with Crippen molar-refractivity contribution in [1.29, 1.82) is 0 Å². The minimum Gasteiger partial charge on any atom is -0.435 e. The first kappa shape index (κ1) is 15.1. The highest BCUT2D eigenvalue weighted by Crippen LogP contribution is 2.23. The van der Waals surface area contributed by atoms with Crippen LogP contribution in [0.1, 0.15) is 5.56 Å². The highest BCUT2D eigenvalue weighted by Gasteiger charge is 2.09. The van der Waals surface area contributed by atoms with Gasteiger partial charge in [0.05, 0.1) is 0 Å². The molecule has 3 aromatic rings. The second-order valence-corrected chi connectivity index (χ2v) is 4.82. The van der Waals surface area contributed by atoms with E-state index >= 15 is 0 Å². The standard InChI is InChI=1S/C16H14F2N4O/c17-16(18)23-13-6-4-11(5-7-13)14-20-15(22-21-14)12-3-1-2-10(8-12)9-19/h1-8,16H,9,19H2,(H,20,21,22). The smallest absolute Gasteiger partial charge is 0.387 e. The van der Waals surface area contributed by atoms with Gasteiger partial charge in [-0.3, -0.25) is 5.10 Å². The van der Waals surface area contributed by atoms with Gasteiger partial charge >= 0.3 is 6.61 Å². The van der Waals surface area contributed by atoms with E-state index < -0.39 is 6.61 Å². The van der Waals surface area contributed by atoms with Crippen LogP contribution in [-0.4, -0.2) is 21.8 Å². The average Bonchev–Trinajstić information content (AvgIpc) is 3.05. The molecule has 0 saturated carbocycles. The van der Waals surface area contributed by atoms with Gasteiger partial charge < -0.3 is 10.5 Å². The van der Waals surface area contributed by atoms with Gasteiger partial charge in [0, 0.05) is 17.7 Å². The quantitative estimate of drug-likeness (QED) is 0.758. The lowest BCUT2D eigenvalue weighted by Crippen LogP contribution is -2.01. The number of nitrogens with two attached hydrogens (primary N) is 1. The summed E-state index contributed by atoms with van der Waals surface area (Å²) >= 11 is 0. The Morgan fingerprint density at radius 2 is 1.87 bits per heavy atom. The first-order valence-corrected chi connectivity index (χ1v) is 6.93. The minimum absolute atomic E-state index is 0.0964. The van der Waals surface area contributed by atoms with Crippen molar-refractivity contribution in [1.82, 2.24) is 15.2 Å². The van der Waals surface area contributed by atoms with Gasteiger partial charge in [0.2, 0.25) is 0 Å². The van der Waals surface area contributed by atoms with Crippen molar-refractivity contribution in [2.24, 2.45) is 5.73 Å². The fourth-order valence-electron chi connectivity index (χ4n) is 2.15. The number of nitrogens with zero attached hydrogens (tertiary/aromatic N) is 2. The first-order chi connectivity index (χ1) is 11.2. The number of ether oxygens (including phenoxy) is 1. The molecule has 0 aliphatic rings. The third-order valence-electron chi connectivity index (χ3n) is 3.26. The van der Waals surface area contributed by atoms with Crippen LogP contribution >= 0.6 is 0 Å². The second kappa shape index (κ2) is 6.53. The Kier molecular flexibility index (Phi) is 4.29. The summed E-state index contributed by atoms with van der Waals surface area (Å²) in [7, 11) is 0. The zero-order valence-electron chi connectivity index (χ0n) is 12.0. The molecule has 5 nitrogen and oxygen atoms in total. The van der Waals surface area contributed by atoms with E-state index in [1.54, 1.807) is 12.1 Å². The van der Waals surface area contributed by atoms with Gasteiger partial charge in [-0.25, -0.2) is 4.98 Å². The number of benzene rings is 2. The van der Waals surface area contributed by atoms with Crippen LogP contribution in [0, 0.1) is 0 Å². The molecule has 1 aromatic heterocycles. The van der Waals surface area contributed by atoms with Gasteiger partial charge in [-0.1, -0.05) is 18.2 Å². The van der Waals surface area contributed by atoms with Gasteiger partial charge in [0.1, 0.15) is 5.75 Å². The van der Waals surface area contributed by atoms with Crippen LogP contribution in [0.25, 0.3) is 22.8 Å². The van der Waals surface area contributed by atoms with Crippen molar-refractivity contribution in [2.75, 3.05) is 0 Å². The molecule has 3 N–H and O–H groups in total. The van der Waals surface area contributed by atoms with Crippen LogP contribution in [0.2, 0.25) is 0 Å². The van der Waals surface area contributed by atoms with Crippen LogP contribution in [-0.2, 0) is 6.54 Å². The van der Waals surface area contributed by atoms with E-state index in [9.17, 15) is 8.78 Å². The predicted octanol–water partition coefficient (Wildman–Crippen LogP) is 3.20.